The standard InChI is InChI=1S/C11H12BrFO3/c1-7-4-3-5-9(10(7)13)16-6-8(12)11(14)15-2/h3-5,8H,6H2,1-2H3. The molecule has 1 unspecified atom stereocenters. The van der Waals surface area contributed by atoms with E-state index in [9.17, 15) is 9.18 Å². The van der Waals surface area contributed by atoms with Crippen LogP contribution in [0.15, 0.2) is 18.2 Å². The third-order valence-corrected chi connectivity index (χ3v) is 2.64. The molecular formula is C11H12BrFO3. The van der Waals surface area contributed by atoms with E-state index in [2.05, 4.69) is 20.7 Å². The predicted octanol–water partition coefficient (Wildman–Crippen LogP) is 2.45. The fraction of sp³-hybridized carbons (Fsp3) is 0.364. The van der Waals surface area contributed by atoms with E-state index in [4.69, 9.17) is 4.74 Å². The number of halogens is 2. The van der Waals surface area contributed by atoms with Crippen LogP contribution in [0.3, 0.4) is 0 Å². The van der Waals surface area contributed by atoms with Gasteiger partial charge in [-0.3, -0.25) is 4.79 Å². The van der Waals surface area contributed by atoms with Crippen molar-refractivity contribution in [1.82, 2.24) is 0 Å². The maximum Gasteiger partial charge on any atom is 0.322 e. The molecule has 0 saturated carbocycles. The molecule has 0 aromatic heterocycles. The summed E-state index contributed by atoms with van der Waals surface area (Å²) in [4.78, 5) is 10.4. The molecular weight excluding hydrogens is 279 g/mol. The van der Waals surface area contributed by atoms with Crippen LogP contribution >= 0.6 is 15.9 Å². The number of hydrogen-bond donors (Lipinski definition) is 0. The lowest BCUT2D eigenvalue weighted by Gasteiger charge is -2.11. The smallest absolute Gasteiger partial charge is 0.322 e. The van der Waals surface area contributed by atoms with Crippen molar-refractivity contribution in [3.8, 4) is 5.75 Å². The number of esters is 1. The molecule has 5 heteroatoms. The average Bonchev–Trinajstić information content (AvgIpc) is 2.29. The number of ether oxygens (including phenoxy) is 2. The van der Waals surface area contributed by atoms with Gasteiger partial charge in [-0.1, -0.05) is 28.1 Å². The molecule has 0 amide bonds. The lowest BCUT2D eigenvalue weighted by Crippen LogP contribution is -2.23. The van der Waals surface area contributed by atoms with Crippen LogP contribution in [0.5, 0.6) is 5.75 Å². The van der Waals surface area contributed by atoms with Gasteiger partial charge in [-0.25, -0.2) is 4.39 Å². The summed E-state index contributed by atoms with van der Waals surface area (Å²) in [5.74, 6) is -0.728. The number of hydrogen-bond acceptors (Lipinski definition) is 3. The summed E-state index contributed by atoms with van der Waals surface area (Å²) in [6.07, 6.45) is 0. The number of aryl methyl sites for hydroxylation is 1. The summed E-state index contributed by atoms with van der Waals surface area (Å²) >= 11 is 3.08. The van der Waals surface area contributed by atoms with Gasteiger partial charge < -0.3 is 9.47 Å². The summed E-state index contributed by atoms with van der Waals surface area (Å²) in [5.41, 5.74) is 0.502. The third-order valence-electron chi connectivity index (χ3n) is 2.00. The zero-order chi connectivity index (χ0) is 12.1. The topological polar surface area (TPSA) is 35.5 Å². The molecule has 0 fully saturated rings. The van der Waals surface area contributed by atoms with E-state index >= 15 is 0 Å². The molecule has 0 spiro atoms. The van der Waals surface area contributed by atoms with E-state index in [-0.39, 0.29) is 12.4 Å². The first kappa shape index (κ1) is 13.0. The molecule has 3 nitrogen and oxygen atoms in total. The number of benzene rings is 1. The molecule has 0 bridgehead atoms. The van der Waals surface area contributed by atoms with Crippen LogP contribution in [0.1, 0.15) is 5.56 Å². The number of methoxy groups -OCH3 is 1. The average molecular weight is 291 g/mol. The van der Waals surface area contributed by atoms with Gasteiger partial charge in [0.2, 0.25) is 0 Å². The largest absolute Gasteiger partial charge is 0.489 e. The summed E-state index contributed by atoms with van der Waals surface area (Å²) in [5, 5.41) is 0. The van der Waals surface area contributed by atoms with Gasteiger partial charge in [0.25, 0.3) is 0 Å². The van der Waals surface area contributed by atoms with Gasteiger partial charge in [-0.05, 0) is 18.6 Å². The van der Waals surface area contributed by atoms with Crippen LogP contribution in [-0.4, -0.2) is 24.5 Å². The van der Waals surface area contributed by atoms with Gasteiger partial charge in [0.05, 0.1) is 7.11 Å². The van der Waals surface area contributed by atoms with E-state index in [1.165, 1.54) is 13.2 Å². The quantitative estimate of drug-likeness (QED) is 0.631. The molecule has 1 aromatic rings. The highest BCUT2D eigenvalue weighted by Crippen LogP contribution is 2.20. The van der Waals surface area contributed by atoms with Crippen molar-refractivity contribution in [3.63, 3.8) is 0 Å². The molecule has 16 heavy (non-hydrogen) atoms. The van der Waals surface area contributed by atoms with Crippen molar-refractivity contribution >= 4 is 21.9 Å². The summed E-state index contributed by atoms with van der Waals surface area (Å²) in [6.45, 7) is 1.67. The normalized spacial score (nSPS) is 12.0. The highest BCUT2D eigenvalue weighted by Gasteiger charge is 2.17. The molecule has 0 N–H and O–H groups in total. The molecule has 1 atom stereocenters. The van der Waals surface area contributed by atoms with Gasteiger partial charge in [0, 0.05) is 0 Å². The van der Waals surface area contributed by atoms with Gasteiger partial charge in [0.1, 0.15) is 11.4 Å². The van der Waals surface area contributed by atoms with Crippen LogP contribution in [-0.2, 0) is 9.53 Å². The van der Waals surface area contributed by atoms with Crippen LogP contribution in [0.4, 0.5) is 4.39 Å². The fourth-order valence-corrected chi connectivity index (χ4v) is 1.41. The van der Waals surface area contributed by atoms with Crippen LogP contribution in [0.25, 0.3) is 0 Å². The Morgan fingerprint density at radius 2 is 2.25 bits per heavy atom. The molecule has 1 aromatic carbocycles. The molecule has 0 aliphatic carbocycles. The number of alkyl halides is 1. The first-order valence-electron chi connectivity index (χ1n) is 4.66. The Bertz CT molecular complexity index is 381. The second-order valence-electron chi connectivity index (χ2n) is 3.19. The number of carbonyl (C=O) groups is 1. The Balaban J connectivity index is 2.61. The van der Waals surface area contributed by atoms with Gasteiger partial charge in [-0.15, -0.1) is 0 Å². The van der Waals surface area contributed by atoms with E-state index in [0.29, 0.717) is 5.56 Å². The zero-order valence-corrected chi connectivity index (χ0v) is 10.6. The van der Waals surface area contributed by atoms with Crippen molar-refractivity contribution < 1.29 is 18.7 Å². The van der Waals surface area contributed by atoms with Crippen molar-refractivity contribution in [2.24, 2.45) is 0 Å². The first-order chi connectivity index (χ1) is 7.56. The maximum atomic E-state index is 13.5. The molecule has 0 aliphatic rings. The van der Waals surface area contributed by atoms with Crippen LogP contribution in [0.2, 0.25) is 0 Å². The van der Waals surface area contributed by atoms with Crippen molar-refractivity contribution in [2.45, 2.75) is 11.8 Å². The molecule has 88 valence electrons. The Hall–Kier alpha value is -1.10. The highest BCUT2D eigenvalue weighted by molar-refractivity contribution is 9.10. The van der Waals surface area contributed by atoms with Crippen molar-refractivity contribution in [1.29, 1.82) is 0 Å². The van der Waals surface area contributed by atoms with Crippen molar-refractivity contribution in [3.05, 3.63) is 29.6 Å². The Labute approximate surface area is 102 Å². The minimum absolute atomic E-state index is 0.0209. The third kappa shape index (κ3) is 3.20. The Morgan fingerprint density at radius 1 is 1.56 bits per heavy atom. The Kier molecular flexibility index (Phi) is 4.73. The molecule has 0 aliphatic heterocycles. The van der Waals surface area contributed by atoms with Gasteiger partial charge >= 0.3 is 5.97 Å². The van der Waals surface area contributed by atoms with Gasteiger partial charge in [-0.2, -0.15) is 0 Å². The van der Waals surface area contributed by atoms with Crippen LogP contribution < -0.4 is 4.74 Å². The lowest BCUT2D eigenvalue weighted by atomic mass is 10.2. The minimum atomic E-state index is -0.600. The van der Waals surface area contributed by atoms with Crippen LogP contribution in [0, 0.1) is 12.7 Å². The molecule has 0 heterocycles. The first-order valence-corrected chi connectivity index (χ1v) is 5.57. The second kappa shape index (κ2) is 5.84. The fourth-order valence-electron chi connectivity index (χ4n) is 1.09. The highest BCUT2D eigenvalue weighted by atomic mass is 79.9. The van der Waals surface area contributed by atoms with E-state index in [0.717, 1.165) is 0 Å². The van der Waals surface area contributed by atoms with E-state index < -0.39 is 16.6 Å². The summed E-state index contributed by atoms with van der Waals surface area (Å²) in [7, 11) is 1.28. The van der Waals surface area contributed by atoms with Gasteiger partial charge in [0.15, 0.2) is 11.6 Å². The van der Waals surface area contributed by atoms with E-state index in [1.54, 1.807) is 19.1 Å². The molecule has 0 radical (unpaired) electrons. The number of rotatable bonds is 4. The minimum Gasteiger partial charge on any atom is -0.489 e. The summed E-state index contributed by atoms with van der Waals surface area (Å²) in [6, 6.07) is 4.85. The Morgan fingerprint density at radius 3 is 2.88 bits per heavy atom. The zero-order valence-electron chi connectivity index (χ0n) is 9.00. The summed E-state index contributed by atoms with van der Waals surface area (Å²) < 4.78 is 23.2. The monoisotopic (exact) mass is 290 g/mol. The number of carbonyl (C=O) groups excluding carboxylic acids is 1. The van der Waals surface area contributed by atoms with Crippen molar-refractivity contribution in [2.75, 3.05) is 13.7 Å². The molecule has 0 saturated heterocycles. The lowest BCUT2D eigenvalue weighted by molar-refractivity contribution is -0.140. The molecule has 1 rings (SSSR count). The maximum absolute atomic E-state index is 13.5. The predicted molar refractivity (Wildman–Crippen MR) is 61.4 cm³/mol. The second-order valence-corrected chi connectivity index (χ2v) is 4.29. The van der Waals surface area contributed by atoms with E-state index in [1.807, 2.05) is 0 Å². The SMILES string of the molecule is COC(=O)C(Br)COc1cccc(C)c1F.